The van der Waals surface area contributed by atoms with E-state index in [0.717, 1.165) is 6.54 Å². The minimum atomic E-state index is -0.759. The molecule has 1 unspecified atom stereocenters. The molecule has 2 aromatic rings. The van der Waals surface area contributed by atoms with E-state index >= 15 is 0 Å². The lowest BCUT2D eigenvalue weighted by Crippen LogP contribution is -2.32. The molecule has 1 saturated heterocycles. The lowest BCUT2D eigenvalue weighted by molar-refractivity contribution is -0.139. The van der Waals surface area contributed by atoms with E-state index in [1.54, 1.807) is 32.0 Å². The fraction of sp³-hybridized carbons (Fsp3) is 0.435. The standard InChI is InChI=1S/C23H30N4O5/c1-13-18(14(2)25-24-13)21(28)19-20(15-8-9-16(31-5)17(12-15)32-6)27(23(30)22(19)29)11-7-10-26(3)4/h8-9,12,20,28H,7,10-11H2,1-6H3,(H,24,25)/b21-19+. The van der Waals surface area contributed by atoms with Gasteiger partial charge in [-0.25, -0.2) is 0 Å². The van der Waals surface area contributed by atoms with Crippen LogP contribution in [0.25, 0.3) is 5.76 Å². The number of ketones is 1. The maximum Gasteiger partial charge on any atom is 0.295 e. The van der Waals surface area contributed by atoms with Gasteiger partial charge in [-0.15, -0.1) is 0 Å². The maximum absolute atomic E-state index is 13.1. The molecule has 9 nitrogen and oxygen atoms in total. The highest BCUT2D eigenvalue weighted by Gasteiger charge is 2.46. The minimum Gasteiger partial charge on any atom is -0.507 e. The van der Waals surface area contributed by atoms with Gasteiger partial charge in [0, 0.05) is 12.2 Å². The molecule has 9 heteroatoms. The molecule has 1 aromatic carbocycles. The second kappa shape index (κ2) is 9.44. The number of hydrogen-bond donors (Lipinski definition) is 2. The molecule has 2 N–H and O–H groups in total. The fourth-order valence-electron chi connectivity index (χ4n) is 4.07. The van der Waals surface area contributed by atoms with Gasteiger partial charge in [-0.3, -0.25) is 14.7 Å². The lowest BCUT2D eigenvalue weighted by Gasteiger charge is -2.26. The summed E-state index contributed by atoms with van der Waals surface area (Å²) in [4.78, 5) is 29.7. The van der Waals surface area contributed by atoms with E-state index in [1.165, 1.54) is 19.1 Å². The van der Waals surface area contributed by atoms with Gasteiger partial charge in [0.1, 0.15) is 5.76 Å². The molecule has 172 valence electrons. The van der Waals surface area contributed by atoms with Crippen molar-refractivity contribution < 1.29 is 24.2 Å². The number of hydrogen-bond acceptors (Lipinski definition) is 7. The first-order valence-electron chi connectivity index (χ1n) is 10.4. The van der Waals surface area contributed by atoms with Gasteiger partial charge >= 0.3 is 0 Å². The van der Waals surface area contributed by atoms with Crippen molar-refractivity contribution in [3.05, 3.63) is 46.3 Å². The summed E-state index contributed by atoms with van der Waals surface area (Å²) in [5, 5.41) is 18.1. The van der Waals surface area contributed by atoms with Gasteiger partial charge in [0.15, 0.2) is 11.5 Å². The molecule has 1 aliphatic rings. The number of carbonyl (C=O) groups is 2. The molecule has 1 atom stereocenters. The maximum atomic E-state index is 13.1. The quantitative estimate of drug-likeness (QED) is 0.367. The number of nitrogens with zero attached hydrogens (tertiary/aromatic N) is 3. The predicted octanol–water partition coefficient (Wildman–Crippen LogP) is 2.42. The Hall–Kier alpha value is -3.33. The number of amides is 1. The van der Waals surface area contributed by atoms with E-state index in [0.29, 0.717) is 47.0 Å². The Morgan fingerprint density at radius 3 is 2.44 bits per heavy atom. The third kappa shape index (κ3) is 4.20. The molecule has 1 aliphatic heterocycles. The number of rotatable bonds is 8. The summed E-state index contributed by atoms with van der Waals surface area (Å²) >= 11 is 0. The molecule has 1 aromatic heterocycles. The molecule has 0 saturated carbocycles. The molecule has 0 radical (unpaired) electrons. The smallest absolute Gasteiger partial charge is 0.295 e. The molecular formula is C23H30N4O5. The van der Waals surface area contributed by atoms with Crippen LogP contribution in [0.3, 0.4) is 0 Å². The Labute approximate surface area is 187 Å². The summed E-state index contributed by atoms with van der Waals surface area (Å²) in [6.07, 6.45) is 0.674. The van der Waals surface area contributed by atoms with Crippen molar-refractivity contribution in [2.45, 2.75) is 26.3 Å². The molecular weight excluding hydrogens is 412 g/mol. The van der Waals surface area contributed by atoms with Crippen molar-refractivity contribution in [1.82, 2.24) is 20.0 Å². The summed E-state index contributed by atoms with van der Waals surface area (Å²) in [5.74, 6) is -0.583. The first-order valence-corrected chi connectivity index (χ1v) is 10.4. The molecule has 0 bridgehead atoms. The third-order valence-corrected chi connectivity index (χ3v) is 5.63. The molecule has 1 fully saturated rings. The van der Waals surface area contributed by atoms with E-state index < -0.39 is 17.7 Å². The van der Waals surface area contributed by atoms with Crippen molar-refractivity contribution in [2.24, 2.45) is 0 Å². The van der Waals surface area contributed by atoms with Crippen LogP contribution in [-0.2, 0) is 9.59 Å². The molecule has 1 amide bonds. The van der Waals surface area contributed by atoms with E-state index in [1.807, 2.05) is 19.0 Å². The van der Waals surface area contributed by atoms with Crippen LogP contribution in [0.2, 0.25) is 0 Å². The number of nitrogens with one attached hydrogen (secondary N) is 1. The van der Waals surface area contributed by atoms with Gasteiger partial charge in [-0.05, 0) is 58.6 Å². The predicted molar refractivity (Wildman–Crippen MR) is 120 cm³/mol. The Kier molecular flexibility index (Phi) is 6.88. The Morgan fingerprint density at radius 1 is 1.19 bits per heavy atom. The van der Waals surface area contributed by atoms with Crippen LogP contribution < -0.4 is 9.47 Å². The molecule has 3 rings (SSSR count). The average Bonchev–Trinajstić information content (AvgIpc) is 3.23. The number of aryl methyl sites for hydroxylation is 2. The largest absolute Gasteiger partial charge is 0.507 e. The zero-order valence-corrected chi connectivity index (χ0v) is 19.4. The van der Waals surface area contributed by atoms with Crippen LogP contribution in [0.15, 0.2) is 23.8 Å². The molecule has 2 heterocycles. The highest BCUT2D eigenvalue weighted by Crippen LogP contribution is 2.42. The number of aliphatic hydroxyl groups is 1. The second-order valence-corrected chi connectivity index (χ2v) is 8.07. The minimum absolute atomic E-state index is 0.0414. The summed E-state index contributed by atoms with van der Waals surface area (Å²) in [6.45, 7) is 4.61. The van der Waals surface area contributed by atoms with Gasteiger partial charge in [-0.2, -0.15) is 5.10 Å². The Morgan fingerprint density at radius 2 is 1.88 bits per heavy atom. The fourth-order valence-corrected chi connectivity index (χ4v) is 4.07. The number of aromatic amines is 1. The highest BCUT2D eigenvalue weighted by atomic mass is 16.5. The average molecular weight is 443 g/mol. The van der Waals surface area contributed by atoms with E-state index in [9.17, 15) is 14.7 Å². The SMILES string of the molecule is COc1ccc(C2/C(=C(\O)c3c(C)n[nH]c3C)C(=O)C(=O)N2CCCN(C)C)cc1OC. The van der Waals surface area contributed by atoms with Crippen LogP contribution in [0.5, 0.6) is 11.5 Å². The second-order valence-electron chi connectivity index (χ2n) is 8.07. The molecule has 0 aliphatic carbocycles. The van der Waals surface area contributed by atoms with E-state index in [4.69, 9.17) is 9.47 Å². The topological polar surface area (TPSA) is 108 Å². The van der Waals surface area contributed by atoms with E-state index in [2.05, 4.69) is 10.2 Å². The third-order valence-electron chi connectivity index (χ3n) is 5.63. The van der Waals surface area contributed by atoms with E-state index in [-0.39, 0.29) is 11.3 Å². The van der Waals surface area contributed by atoms with Crippen LogP contribution in [-0.4, -0.2) is 78.2 Å². The van der Waals surface area contributed by atoms with Crippen LogP contribution in [0.4, 0.5) is 0 Å². The number of Topliss-reactive ketones (excluding diaryl/α,β-unsaturated/α-hetero) is 1. The zero-order chi connectivity index (χ0) is 23.6. The van der Waals surface area contributed by atoms with Crippen molar-refractivity contribution in [3.8, 4) is 11.5 Å². The normalized spacial score (nSPS) is 18.0. The van der Waals surface area contributed by atoms with Crippen LogP contribution in [0.1, 0.15) is 35.0 Å². The number of benzene rings is 1. The van der Waals surface area contributed by atoms with Gasteiger partial charge in [0.2, 0.25) is 0 Å². The number of carbonyl (C=O) groups excluding carboxylic acids is 2. The van der Waals surface area contributed by atoms with Crippen molar-refractivity contribution in [2.75, 3.05) is 41.4 Å². The van der Waals surface area contributed by atoms with Crippen molar-refractivity contribution in [1.29, 1.82) is 0 Å². The number of ether oxygens (including phenoxy) is 2. The number of likely N-dealkylation sites (tertiary alicyclic amines) is 1. The highest BCUT2D eigenvalue weighted by molar-refractivity contribution is 6.46. The van der Waals surface area contributed by atoms with Crippen molar-refractivity contribution >= 4 is 17.4 Å². The summed E-state index contributed by atoms with van der Waals surface area (Å²) in [5.41, 5.74) is 2.28. The van der Waals surface area contributed by atoms with Gasteiger partial charge < -0.3 is 24.4 Å². The van der Waals surface area contributed by atoms with Crippen LogP contribution in [0, 0.1) is 13.8 Å². The Bertz CT molecular complexity index is 1040. The van der Waals surface area contributed by atoms with Gasteiger partial charge in [0.05, 0.1) is 37.1 Å². The zero-order valence-electron chi connectivity index (χ0n) is 19.4. The van der Waals surface area contributed by atoms with Gasteiger partial charge in [0.25, 0.3) is 11.7 Å². The number of methoxy groups -OCH3 is 2. The molecule has 32 heavy (non-hydrogen) atoms. The number of aromatic nitrogens is 2. The van der Waals surface area contributed by atoms with Crippen LogP contribution >= 0.6 is 0 Å². The summed E-state index contributed by atoms with van der Waals surface area (Å²) in [6, 6.07) is 4.48. The number of H-pyrrole nitrogens is 1. The first-order chi connectivity index (χ1) is 15.2. The summed E-state index contributed by atoms with van der Waals surface area (Å²) < 4.78 is 10.8. The Balaban J connectivity index is 2.17. The summed E-state index contributed by atoms with van der Waals surface area (Å²) in [7, 11) is 6.96. The van der Waals surface area contributed by atoms with Gasteiger partial charge in [-0.1, -0.05) is 6.07 Å². The lowest BCUT2D eigenvalue weighted by atomic mass is 9.94. The monoisotopic (exact) mass is 442 g/mol. The molecule has 0 spiro atoms. The van der Waals surface area contributed by atoms with Crippen molar-refractivity contribution in [3.63, 3.8) is 0 Å². The first kappa shape index (κ1) is 23.3. The number of aliphatic hydroxyl groups excluding tert-OH is 1.